The molecule has 0 amide bonds. The van der Waals surface area contributed by atoms with Crippen LogP contribution in [0, 0.1) is 17.5 Å². The monoisotopic (exact) mass is 229 g/mol. The van der Waals surface area contributed by atoms with E-state index in [0.717, 1.165) is 12.1 Å². The summed E-state index contributed by atoms with van der Waals surface area (Å²) in [7, 11) is 0. The molecule has 1 aromatic carbocycles. The fourth-order valence-corrected chi connectivity index (χ4v) is 1.14. The van der Waals surface area contributed by atoms with Crippen LogP contribution in [0.4, 0.5) is 13.2 Å². The molecule has 0 atom stereocenters. The number of nitrogens with two attached hydrogens (primary N) is 1. The Bertz CT molecular complexity index is 527. The van der Waals surface area contributed by atoms with E-state index in [9.17, 15) is 13.2 Å². The van der Waals surface area contributed by atoms with E-state index in [1.54, 1.807) is 0 Å². The van der Waals surface area contributed by atoms with Gasteiger partial charge in [-0.1, -0.05) is 0 Å². The van der Waals surface area contributed by atoms with Crippen molar-refractivity contribution >= 4 is 0 Å². The van der Waals surface area contributed by atoms with E-state index in [-0.39, 0.29) is 23.9 Å². The zero-order valence-corrected chi connectivity index (χ0v) is 7.88. The second-order valence-electron chi connectivity index (χ2n) is 2.93. The molecule has 0 fully saturated rings. The smallest absolute Gasteiger partial charge is 0.250 e. The fourth-order valence-electron chi connectivity index (χ4n) is 1.14. The van der Waals surface area contributed by atoms with Crippen molar-refractivity contribution < 1.29 is 17.6 Å². The van der Waals surface area contributed by atoms with Gasteiger partial charge in [0, 0.05) is 0 Å². The molecule has 2 N–H and O–H groups in total. The number of hydrogen-bond acceptors (Lipinski definition) is 4. The van der Waals surface area contributed by atoms with E-state index in [2.05, 4.69) is 10.2 Å². The first-order chi connectivity index (χ1) is 7.63. The summed E-state index contributed by atoms with van der Waals surface area (Å²) in [5.41, 5.74) is 4.91. The minimum atomic E-state index is -1.58. The van der Waals surface area contributed by atoms with Crippen LogP contribution in [0.25, 0.3) is 11.5 Å². The lowest BCUT2D eigenvalue weighted by Crippen LogP contribution is -1.95. The Labute approximate surface area is 87.9 Å². The van der Waals surface area contributed by atoms with Crippen LogP contribution in [-0.2, 0) is 6.54 Å². The molecule has 2 aromatic rings. The highest BCUT2D eigenvalue weighted by Gasteiger charge is 2.18. The molecule has 1 aromatic heterocycles. The molecule has 7 heteroatoms. The average molecular weight is 229 g/mol. The van der Waals surface area contributed by atoms with Crippen LogP contribution in [0.5, 0.6) is 0 Å². The lowest BCUT2D eigenvalue weighted by atomic mass is 10.2. The van der Waals surface area contributed by atoms with Crippen molar-refractivity contribution in [3.05, 3.63) is 35.5 Å². The van der Waals surface area contributed by atoms with Crippen LogP contribution in [0.1, 0.15) is 5.89 Å². The minimum Gasteiger partial charge on any atom is -0.419 e. The molecule has 0 saturated carbocycles. The molecule has 0 unspecified atom stereocenters. The van der Waals surface area contributed by atoms with Gasteiger partial charge in [-0.3, -0.25) is 0 Å². The van der Waals surface area contributed by atoms with Crippen molar-refractivity contribution in [3.8, 4) is 11.5 Å². The third-order valence-corrected chi connectivity index (χ3v) is 1.91. The molecule has 0 aliphatic rings. The van der Waals surface area contributed by atoms with Gasteiger partial charge in [-0.25, -0.2) is 13.2 Å². The number of aromatic nitrogens is 2. The number of rotatable bonds is 2. The Hall–Kier alpha value is -1.89. The first kappa shape index (κ1) is 10.6. The van der Waals surface area contributed by atoms with Crippen molar-refractivity contribution in [2.24, 2.45) is 5.73 Å². The van der Waals surface area contributed by atoms with Crippen molar-refractivity contribution in [2.75, 3.05) is 0 Å². The van der Waals surface area contributed by atoms with E-state index in [4.69, 9.17) is 10.2 Å². The van der Waals surface area contributed by atoms with E-state index < -0.39 is 17.5 Å². The maximum atomic E-state index is 13.3. The second-order valence-corrected chi connectivity index (χ2v) is 2.93. The highest BCUT2D eigenvalue weighted by molar-refractivity contribution is 5.53. The molecule has 16 heavy (non-hydrogen) atoms. The van der Waals surface area contributed by atoms with E-state index in [0.29, 0.717) is 0 Å². The normalized spacial score (nSPS) is 10.8. The molecule has 84 valence electrons. The Morgan fingerprint density at radius 1 is 1.12 bits per heavy atom. The second kappa shape index (κ2) is 3.93. The third-order valence-electron chi connectivity index (χ3n) is 1.91. The lowest BCUT2D eigenvalue weighted by Gasteiger charge is -1.99. The van der Waals surface area contributed by atoms with Gasteiger partial charge in [-0.05, 0) is 12.1 Å². The van der Waals surface area contributed by atoms with Crippen LogP contribution in [0.3, 0.4) is 0 Å². The van der Waals surface area contributed by atoms with Crippen LogP contribution >= 0.6 is 0 Å². The van der Waals surface area contributed by atoms with Gasteiger partial charge in [-0.15, -0.1) is 10.2 Å². The first-order valence-corrected chi connectivity index (χ1v) is 4.29. The van der Waals surface area contributed by atoms with Gasteiger partial charge in [-0.2, -0.15) is 0 Å². The summed E-state index contributed by atoms with van der Waals surface area (Å²) in [6.07, 6.45) is 0. The van der Waals surface area contributed by atoms with Gasteiger partial charge in [0.05, 0.1) is 12.1 Å². The van der Waals surface area contributed by atoms with Gasteiger partial charge >= 0.3 is 0 Å². The molecule has 2 rings (SSSR count). The van der Waals surface area contributed by atoms with Crippen LogP contribution in [0.2, 0.25) is 0 Å². The van der Waals surface area contributed by atoms with Gasteiger partial charge in [0.15, 0.2) is 17.5 Å². The Morgan fingerprint density at radius 2 is 1.88 bits per heavy atom. The standard InChI is InChI=1S/C9H6F3N3O/c10-5-2-1-4(7(11)8(5)12)9-15-14-6(3-13)16-9/h1-2H,3,13H2. The zero-order valence-electron chi connectivity index (χ0n) is 7.88. The Morgan fingerprint density at radius 3 is 2.50 bits per heavy atom. The first-order valence-electron chi connectivity index (χ1n) is 4.29. The van der Waals surface area contributed by atoms with Gasteiger partial charge in [0.25, 0.3) is 5.89 Å². The highest BCUT2D eigenvalue weighted by Crippen LogP contribution is 2.24. The Balaban J connectivity index is 2.52. The highest BCUT2D eigenvalue weighted by atomic mass is 19.2. The minimum absolute atomic E-state index is 0.0156. The summed E-state index contributed by atoms with van der Waals surface area (Å²) in [5.74, 6) is -4.38. The molecule has 0 bridgehead atoms. The van der Waals surface area contributed by atoms with Crippen molar-refractivity contribution in [1.29, 1.82) is 0 Å². The summed E-state index contributed by atoms with van der Waals surface area (Å²) in [4.78, 5) is 0. The van der Waals surface area contributed by atoms with Crippen molar-refractivity contribution in [1.82, 2.24) is 10.2 Å². The topological polar surface area (TPSA) is 64.9 Å². The molecule has 0 radical (unpaired) electrons. The summed E-state index contributed by atoms with van der Waals surface area (Å²) in [5, 5.41) is 6.94. The molecule has 1 heterocycles. The van der Waals surface area contributed by atoms with Crippen LogP contribution in [-0.4, -0.2) is 10.2 Å². The fraction of sp³-hybridized carbons (Fsp3) is 0.111. The van der Waals surface area contributed by atoms with E-state index in [1.807, 2.05) is 0 Å². The number of nitrogens with zero attached hydrogens (tertiary/aromatic N) is 2. The molecule has 0 saturated heterocycles. The maximum Gasteiger partial charge on any atom is 0.250 e. The molecular formula is C9H6F3N3O. The molecular weight excluding hydrogens is 223 g/mol. The lowest BCUT2D eigenvalue weighted by molar-refractivity contribution is 0.444. The number of hydrogen-bond donors (Lipinski definition) is 1. The van der Waals surface area contributed by atoms with Crippen LogP contribution in [0.15, 0.2) is 16.5 Å². The van der Waals surface area contributed by atoms with Crippen LogP contribution < -0.4 is 5.73 Å². The average Bonchev–Trinajstić information content (AvgIpc) is 2.74. The maximum absolute atomic E-state index is 13.3. The quantitative estimate of drug-likeness (QED) is 0.794. The molecule has 4 nitrogen and oxygen atoms in total. The predicted molar refractivity (Wildman–Crippen MR) is 47.5 cm³/mol. The van der Waals surface area contributed by atoms with Gasteiger partial charge in [0.1, 0.15) is 0 Å². The summed E-state index contributed by atoms with van der Waals surface area (Å²) < 4.78 is 43.8. The molecule has 0 spiro atoms. The Kier molecular flexibility index (Phi) is 2.61. The summed E-state index contributed by atoms with van der Waals surface area (Å²) in [6, 6.07) is 1.79. The summed E-state index contributed by atoms with van der Waals surface area (Å²) in [6.45, 7) is -0.0156. The molecule has 0 aliphatic carbocycles. The van der Waals surface area contributed by atoms with Gasteiger partial charge < -0.3 is 10.2 Å². The van der Waals surface area contributed by atoms with Gasteiger partial charge in [0.2, 0.25) is 5.89 Å². The number of benzene rings is 1. The third kappa shape index (κ3) is 1.65. The van der Waals surface area contributed by atoms with E-state index >= 15 is 0 Å². The predicted octanol–water partition coefficient (Wildman–Crippen LogP) is 1.61. The van der Waals surface area contributed by atoms with Crippen molar-refractivity contribution in [2.45, 2.75) is 6.54 Å². The SMILES string of the molecule is NCc1nnc(-c2ccc(F)c(F)c2F)o1. The van der Waals surface area contributed by atoms with E-state index in [1.165, 1.54) is 0 Å². The molecule has 0 aliphatic heterocycles. The summed E-state index contributed by atoms with van der Waals surface area (Å²) >= 11 is 0. The largest absolute Gasteiger partial charge is 0.419 e. The number of halogens is 3. The van der Waals surface area contributed by atoms with Crippen molar-refractivity contribution in [3.63, 3.8) is 0 Å². The zero-order chi connectivity index (χ0) is 11.7.